The second-order valence-electron chi connectivity index (χ2n) is 4.11. The zero-order valence-corrected chi connectivity index (χ0v) is 11.9. The van der Waals surface area contributed by atoms with Crippen molar-refractivity contribution in [2.24, 2.45) is 0 Å². The lowest BCUT2D eigenvalue weighted by Gasteiger charge is -2.10. The van der Waals surface area contributed by atoms with E-state index in [0.29, 0.717) is 16.6 Å². The third-order valence-corrected chi connectivity index (χ3v) is 3.16. The van der Waals surface area contributed by atoms with Crippen molar-refractivity contribution in [3.05, 3.63) is 57.6 Å². The van der Waals surface area contributed by atoms with E-state index in [1.807, 2.05) is 6.92 Å². The summed E-state index contributed by atoms with van der Waals surface area (Å²) in [6, 6.07) is 6.44. The van der Waals surface area contributed by atoms with Crippen molar-refractivity contribution in [1.29, 1.82) is 0 Å². The summed E-state index contributed by atoms with van der Waals surface area (Å²) in [5.74, 6) is -3.97. The van der Waals surface area contributed by atoms with E-state index in [1.54, 1.807) is 18.2 Å². The van der Waals surface area contributed by atoms with Gasteiger partial charge in [0.1, 0.15) is 5.75 Å². The quantitative estimate of drug-likeness (QED) is 0.891. The van der Waals surface area contributed by atoms with Gasteiger partial charge in [-0.25, -0.2) is 13.6 Å². The number of hydrogen-bond donors (Lipinski definition) is 1. The average Bonchev–Trinajstić information content (AvgIpc) is 2.35. The van der Waals surface area contributed by atoms with Crippen LogP contribution in [0, 0.1) is 18.6 Å². The molecule has 0 fully saturated rings. The van der Waals surface area contributed by atoms with E-state index in [-0.39, 0.29) is 5.75 Å². The van der Waals surface area contributed by atoms with Gasteiger partial charge in [-0.2, -0.15) is 0 Å². The van der Waals surface area contributed by atoms with Gasteiger partial charge in [0.2, 0.25) is 0 Å². The zero-order chi connectivity index (χ0) is 14.9. The summed E-state index contributed by atoms with van der Waals surface area (Å²) in [6.45, 7) is 1.86. The Morgan fingerprint density at radius 2 is 1.80 bits per heavy atom. The van der Waals surface area contributed by atoms with Crippen LogP contribution in [0.25, 0.3) is 0 Å². The van der Waals surface area contributed by atoms with Crippen molar-refractivity contribution in [3.63, 3.8) is 0 Å². The van der Waals surface area contributed by atoms with Crippen LogP contribution in [-0.2, 0) is 0 Å². The third-order valence-electron chi connectivity index (χ3n) is 2.54. The number of carboxylic acids is 1. The fourth-order valence-electron chi connectivity index (χ4n) is 1.58. The van der Waals surface area contributed by atoms with Crippen LogP contribution >= 0.6 is 15.9 Å². The predicted molar refractivity (Wildman–Crippen MR) is 72.3 cm³/mol. The SMILES string of the molecule is Cc1ccc(Oc2c(F)cc(C(=O)O)cc2F)c(Br)c1. The van der Waals surface area contributed by atoms with Gasteiger partial charge in [0.15, 0.2) is 17.4 Å². The standard InChI is InChI=1S/C14H9BrF2O3/c1-7-2-3-12(9(15)4-7)20-13-10(16)5-8(14(18)19)6-11(13)17/h2-6H,1H3,(H,18,19). The normalized spacial score (nSPS) is 10.4. The van der Waals surface area contributed by atoms with E-state index >= 15 is 0 Å². The molecule has 0 aromatic heterocycles. The number of halogens is 3. The highest BCUT2D eigenvalue weighted by molar-refractivity contribution is 9.10. The Morgan fingerprint density at radius 3 is 2.30 bits per heavy atom. The van der Waals surface area contributed by atoms with Crippen molar-refractivity contribution < 1.29 is 23.4 Å². The number of aryl methyl sites for hydroxylation is 1. The van der Waals surface area contributed by atoms with Crippen LogP contribution < -0.4 is 4.74 Å². The summed E-state index contributed by atoms with van der Waals surface area (Å²) < 4.78 is 33.2. The molecule has 2 aromatic carbocycles. The molecule has 0 saturated heterocycles. The Bertz CT molecular complexity index is 663. The zero-order valence-electron chi connectivity index (χ0n) is 10.3. The van der Waals surface area contributed by atoms with Crippen LogP contribution in [0.1, 0.15) is 15.9 Å². The molecule has 0 radical (unpaired) electrons. The Morgan fingerprint density at radius 1 is 1.20 bits per heavy atom. The van der Waals surface area contributed by atoms with Crippen LogP contribution in [-0.4, -0.2) is 11.1 Å². The minimum atomic E-state index is -1.41. The van der Waals surface area contributed by atoms with Crippen molar-refractivity contribution in [1.82, 2.24) is 0 Å². The lowest BCUT2D eigenvalue weighted by molar-refractivity contribution is 0.0695. The van der Waals surface area contributed by atoms with Gasteiger partial charge in [0, 0.05) is 0 Å². The second kappa shape index (κ2) is 5.58. The van der Waals surface area contributed by atoms with Gasteiger partial charge in [-0.05, 0) is 52.7 Å². The van der Waals surface area contributed by atoms with Crippen LogP contribution in [0.4, 0.5) is 8.78 Å². The molecule has 0 saturated carbocycles. The van der Waals surface area contributed by atoms with Crippen molar-refractivity contribution in [2.45, 2.75) is 6.92 Å². The third kappa shape index (κ3) is 2.96. The molecule has 0 heterocycles. The molecule has 3 nitrogen and oxygen atoms in total. The lowest BCUT2D eigenvalue weighted by atomic mass is 10.2. The smallest absolute Gasteiger partial charge is 0.335 e. The number of aromatic carboxylic acids is 1. The maximum Gasteiger partial charge on any atom is 0.335 e. The first kappa shape index (κ1) is 14.5. The topological polar surface area (TPSA) is 46.5 Å². The first-order valence-corrected chi connectivity index (χ1v) is 6.34. The van der Waals surface area contributed by atoms with Gasteiger partial charge < -0.3 is 9.84 Å². The van der Waals surface area contributed by atoms with E-state index in [2.05, 4.69) is 15.9 Å². The van der Waals surface area contributed by atoms with E-state index in [4.69, 9.17) is 9.84 Å². The summed E-state index contributed by atoms with van der Waals surface area (Å²) in [6.07, 6.45) is 0. The molecule has 20 heavy (non-hydrogen) atoms. The second-order valence-corrected chi connectivity index (χ2v) is 4.96. The summed E-state index contributed by atoms with van der Waals surface area (Å²) in [5, 5.41) is 8.71. The molecule has 0 unspecified atom stereocenters. The van der Waals surface area contributed by atoms with Crippen LogP contribution in [0.3, 0.4) is 0 Å². The molecule has 0 atom stereocenters. The molecule has 104 valence electrons. The Hall–Kier alpha value is -1.95. The molecule has 6 heteroatoms. The lowest BCUT2D eigenvalue weighted by Crippen LogP contribution is -2.01. The molecule has 0 aliphatic rings. The average molecular weight is 343 g/mol. The fraction of sp³-hybridized carbons (Fsp3) is 0.0714. The molecule has 2 aromatic rings. The summed E-state index contributed by atoms with van der Waals surface area (Å²) in [4.78, 5) is 10.7. The Labute approximate surface area is 121 Å². The highest BCUT2D eigenvalue weighted by Gasteiger charge is 2.17. The highest BCUT2D eigenvalue weighted by Crippen LogP contribution is 2.33. The maximum absolute atomic E-state index is 13.7. The largest absolute Gasteiger partial charge is 0.478 e. The van der Waals surface area contributed by atoms with E-state index in [1.165, 1.54) is 0 Å². The van der Waals surface area contributed by atoms with Gasteiger partial charge in [0.25, 0.3) is 0 Å². The van der Waals surface area contributed by atoms with Crippen molar-refractivity contribution >= 4 is 21.9 Å². The molecule has 0 aliphatic carbocycles. The van der Waals surface area contributed by atoms with E-state index in [0.717, 1.165) is 5.56 Å². The minimum Gasteiger partial charge on any atom is -0.478 e. The predicted octanol–water partition coefficient (Wildman–Crippen LogP) is 4.53. The fourth-order valence-corrected chi connectivity index (χ4v) is 2.15. The summed E-state index contributed by atoms with van der Waals surface area (Å²) in [7, 11) is 0. The van der Waals surface area contributed by atoms with Crippen molar-refractivity contribution in [2.75, 3.05) is 0 Å². The van der Waals surface area contributed by atoms with Crippen LogP contribution in [0.2, 0.25) is 0 Å². The molecular formula is C14H9BrF2O3. The van der Waals surface area contributed by atoms with Crippen LogP contribution in [0.15, 0.2) is 34.8 Å². The van der Waals surface area contributed by atoms with Gasteiger partial charge in [-0.1, -0.05) is 6.07 Å². The van der Waals surface area contributed by atoms with Gasteiger partial charge >= 0.3 is 5.97 Å². The molecule has 2 rings (SSSR count). The van der Waals surface area contributed by atoms with Gasteiger partial charge in [-0.15, -0.1) is 0 Å². The number of hydrogen-bond acceptors (Lipinski definition) is 2. The number of rotatable bonds is 3. The molecular weight excluding hydrogens is 334 g/mol. The first-order chi connectivity index (χ1) is 9.38. The summed E-state index contributed by atoms with van der Waals surface area (Å²) in [5.41, 5.74) is 0.474. The minimum absolute atomic E-state index is 0.233. The molecule has 0 aliphatic heterocycles. The number of benzene rings is 2. The highest BCUT2D eigenvalue weighted by atomic mass is 79.9. The van der Waals surface area contributed by atoms with Gasteiger partial charge in [0.05, 0.1) is 10.0 Å². The Kier molecular flexibility index (Phi) is 4.04. The van der Waals surface area contributed by atoms with Crippen molar-refractivity contribution in [3.8, 4) is 11.5 Å². The number of carbonyl (C=O) groups is 1. The number of carboxylic acid groups (broad SMARTS) is 1. The molecule has 1 N–H and O–H groups in total. The monoisotopic (exact) mass is 342 g/mol. The van der Waals surface area contributed by atoms with E-state index < -0.39 is 28.9 Å². The van der Waals surface area contributed by atoms with Gasteiger partial charge in [-0.3, -0.25) is 0 Å². The molecule has 0 amide bonds. The maximum atomic E-state index is 13.7. The Balaban J connectivity index is 2.41. The molecule has 0 spiro atoms. The number of ether oxygens (including phenoxy) is 1. The van der Waals surface area contributed by atoms with Crippen LogP contribution in [0.5, 0.6) is 11.5 Å². The summed E-state index contributed by atoms with van der Waals surface area (Å²) >= 11 is 3.23. The van der Waals surface area contributed by atoms with E-state index in [9.17, 15) is 13.6 Å². The molecule has 0 bridgehead atoms. The first-order valence-electron chi connectivity index (χ1n) is 5.55.